The van der Waals surface area contributed by atoms with E-state index in [2.05, 4.69) is 15.3 Å². The van der Waals surface area contributed by atoms with Gasteiger partial charge in [0.1, 0.15) is 6.04 Å². The highest BCUT2D eigenvalue weighted by molar-refractivity contribution is 5.82. The smallest absolute Gasteiger partial charge is 0.240 e. The molecule has 0 bridgehead atoms. The molecule has 0 spiro atoms. The molecule has 1 amide bonds. The SMILES string of the molecule is Cc1nn(C)c(C)c1CNC(=O)C1COCCN1C1CCCC1. The average Bonchev–Trinajstić information content (AvgIpc) is 3.15. The van der Waals surface area contributed by atoms with Crippen LogP contribution < -0.4 is 5.32 Å². The molecule has 23 heavy (non-hydrogen) atoms. The maximum Gasteiger partial charge on any atom is 0.240 e. The van der Waals surface area contributed by atoms with E-state index < -0.39 is 0 Å². The van der Waals surface area contributed by atoms with E-state index in [1.807, 2.05) is 25.6 Å². The molecule has 0 aromatic carbocycles. The predicted molar refractivity (Wildman–Crippen MR) is 88.1 cm³/mol. The normalized spacial score (nSPS) is 23.3. The molecule has 1 saturated carbocycles. The fourth-order valence-corrected chi connectivity index (χ4v) is 3.88. The molecule has 128 valence electrons. The lowest BCUT2D eigenvalue weighted by Crippen LogP contribution is -2.56. The Morgan fingerprint density at radius 2 is 2.09 bits per heavy atom. The van der Waals surface area contributed by atoms with Gasteiger partial charge in [0.15, 0.2) is 0 Å². The molecule has 1 aliphatic carbocycles. The summed E-state index contributed by atoms with van der Waals surface area (Å²) in [6.45, 7) is 6.68. The fourth-order valence-electron chi connectivity index (χ4n) is 3.88. The van der Waals surface area contributed by atoms with Gasteiger partial charge in [-0.05, 0) is 26.7 Å². The van der Waals surface area contributed by atoms with Gasteiger partial charge in [0.05, 0.1) is 18.9 Å². The van der Waals surface area contributed by atoms with E-state index in [0.717, 1.165) is 30.1 Å². The summed E-state index contributed by atoms with van der Waals surface area (Å²) in [5.41, 5.74) is 3.21. The molecule has 1 saturated heterocycles. The predicted octanol–water partition coefficient (Wildman–Crippen LogP) is 1.30. The standard InChI is InChI=1S/C17H28N4O2/c1-12-15(13(2)20(3)19-12)10-18-17(22)16-11-23-9-8-21(16)14-6-4-5-7-14/h14,16H,4-11H2,1-3H3,(H,18,22). The average molecular weight is 320 g/mol. The lowest BCUT2D eigenvalue weighted by atomic mass is 10.1. The Hall–Kier alpha value is -1.40. The highest BCUT2D eigenvalue weighted by Crippen LogP contribution is 2.26. The Morgan fingerprint density at radius 1 is 1.35 bits per heavy atom. The summed E-state index contributed by atoms with van der Waals surface area (Å²) >= 11 is 0. The van der Waals surface area contributed by atoms with Gasteiger partial charge < -0.3 is 10.1 Å². The molecule has 1 atom stereocenters. The number of carbonyl (C=O) groups excluding carboxylic acids is 1. The Labute approximate surface area is 138 Å². The van der Waals surface area contributed by atoms with Crippen molar-refractivity contribution in [1.29, 1.82) is 0 Å². The highest BCUT2D eigenvalue weighted by atomic mass is 16.5. The molecular weight excluding hydrogens is 292 g/mol. The zero-order valence-electron chi connectivity index (χ0n) is 14.5. The molecule has 0 radical (unpaired) electrons. The number of aromatic nitrogens is 2. The van der Waals surface area contributed by atoms with Crippen LogP contribution in [-0.2, 0) is 23.1 Å². The minimum atomic E-state index is -0.149. The van der Waals surface area contributed by atoms with Gasteiger partial charge in [0.2, 0.25) is 5.91 Å². The molecule has 1 unspecified atom stereocenters. The first kappa shape index (κ1) is 16.5. The quantitative estimate of drug-likeness (QED) is 0.908. The van der Waals surface area contributed by atoms with Crippen molar-refractivity contribution in [2.75, 3.05) is 19.8 Å². The zero-order valence-corrected chi connectivity index (χ0v) is 14.5. The first-order chi connectivity index (χ1) is 11.1. The molecule has 2 fully saturated rings. The Kier molecular flexibility index (Phi) is 5.02. The van der Waals surface area contributed by atoms with E-state index in [4.69, 9.17) is 4.74 Å². The molecule has 2 aliphatic rings. The third kappa shape index (κ3) is 3.43. The minimum Gasteiger partial charge on any atom is -0.378 e. The summed E-state index contributed by atoms with van der Waals surface area (Å²) in [4.78, 5) is 15.1. The van der Waals surface area contributed by atoms with Crippen LogP contribution in [0, 0.1) is 13.8 Å². The van der Waals surface area contributed by atoms with Gasteiger partial charge in [-0.2, -0.15) is 5.10 Å². The van der Waals surface area contributed by atoms with Crippen molar-refractivity contribution in [3.05, 3.63) is 17.0 Å². The van der Waals surface area contributed by atoms with Crippen LogP contribution in [0.5, 0.6) is 0 Å². The van der Waals surface area contributed by atoms with Crippen molar-refractivity contribution in [1.82, 2.24) is 20.0 Å². The third-order valence-electron chi connectivity index (χ3n) is 5.36. The van der Waals surface area contributed by atoms with Gasteiger partial charge in [-0.25, -0.2) is 0 Å². The van der Waals surface area contributed by atoms with Crippen molar-refractivity contribution < 1.29 is 9.53 Å². The lowest BCUT2D eigenvalue weighted by Gasteiger charge is -2.38. The van der Waals surface area contributed by atoms with E-state index in [9.17, 15) is 4.79 Å². The molecule has 3 rings (SSSR count). The zero-order chi connectivity index (χ0) is 16.4. The number of hydrogen-bond acceptors (Lipinski definition) is 4. The summed E-state index contributed by atoms with van der Waals surface area (Å²) in [5, 5.41) is 7.51. The first-order valence-corrected chi connectivity index (χ1v) is 8.68. The van der Waals surface area contributed by atoms with Crippen LogP contribution in [0.15, 0.2) is 0 Å². The molecule has 2 heterocycles. The molecule has 1 aromatic rings. The Morgan fingerprint density at radius 3 is 2.74 bits per heavy atom. The van der Waals surface area contributed by atoms with E-state index in [1.54, 1.807) is 0 Å². The number of hydrogen-bond donors (Lipinski definition) is 1. The number of ether oxygens (including phenoxy) is 1. The van der Waals surface area contributed by atoms with Gasteiger partial charge in [0, 0.05) is 37.4 Å². The molecule has 6 nitrogen and oxygen atoms in total. The van der Waals surface area contributed by atoms with E-state index in [0.29, 0.717) is 19.2 Å². The fraction of sp³-hybridized carbons (Fsp3) is 0.765. The summed E-state index contributed by atoms with van der Waals surface area (Å²) in [6, 6.07) is 0.403. The van der Waals surface area contributed by atoms with Crippen LogP contribution in [0.3, 0.4) is 0 Å². The van der Waals surface area contributed by atoms with Gasteiger partial charge >= 0.3 is 0 Å². The topological polar surface area (TPSA) is 59.4 Å². The number of morpholine rings is 1. The van der Waals surface area contributed by atoms with Crippen LogP contribution in [0.4, 0.5) is 0 Å². The van der Waals surface area contributed by atoms with Gasteiger partial charge in [-0.15, -0.1) is 0 Å². The minimum absolute atomic E-state index is 0.0826. The number of nitrogens with one attached hydrogen (secondary N) is 1. The largest absolute Gasteiger partial charge is 0.378 e. The molecule has 1 N–H and O–H groups in total. The number of rotatable bonds is 4. The Bertz CT molecular complexity index is 563. The Balaban J connectivity index is 1.63. The van der Waals surface area contributed by atoms with Crippen LogP contribution in [-0.4, -0.2) is 52.4 Å². The van der Waals surface area contributed by atoms with Crippen molar-refractivity contribution in [3.8, 4) is 0 Å². The number of nitrogens with zero attached hydrogens (tertiary/aromatic N) is 3. The molecular formula is C17H28N4O2. The molecule has 1 aromatic heterocycles. The number of carbonyl (C=O) groups is 1. The van der Waals surface area contributed by atoms with Crippen LogP contribution in [0.1, 0.15) is 42.6 Å². The molecule has 1 aliphatic heterocycles. The second-order valence-electron chi connectivity index (χ2n) is 6.76. The summed E-state index contributed by atoms with van der Waals surface area (Å²) in [7, 11) is 1.93. The first-order valence-electron chi connectivity index (χ1n) is 8.68. The number of amides is 1. The van der Waals surface area contributed by atoms with Crippen LogP contribution in [0.25, 0.3) is 0 Å². The van der Waals surface area contributed by atoms with Crippen molar-refractivity contribution in [2.24, 2.45) is 7.05 Å². The van der Waals surface area contributed by atoms with Crippen molar-refractivity contribution >= 4 is 5.91 Å². The number of aryl methyl sites for hydroxylation is 2. The van der Waals surface area contributed by atoms with E-state index >= 15 is 0 Å². The second kappa shape index (κ2) is 7.01. The van der Waals surface area contributed by atoms with Crippen LogP contribution in [0.2, 0.25) is 0 Å². The van der Waals surface area contributed by atoms with Gasteiger partial charge in [-0.1, -0.05) is 12.8 Å². The van der Waals surface area contributed by atoms with Gasteiger partial charge in [-0.3, -0.25) is 14.4 Å². The van der Waals surface area contributed by atoms with E-state index in [-0.39, 0.29) is 11.9 Å². The van der Waals surface area contributed by atoms with E-state index in [1.165, 1.54) is 25.7 Å². The summed E-state index contributed by atoms with van der Waals surface area (Å²) in [6.07, 6.45) is 4.99. The van der Waals surface area contributed by atoms with Crippen molar-refractivity contribution in [2.45, 2.75) is 58.2 Å². The highest BCUT2D eigenvalue weighted by Gasteiger charge is 2.35. The maximum absolute atomic E-state index is 12.7. The van der Waals surface area contributed by atoms with Crippen LogP contribution >= 0.6 is 0 Å². The monoisotopic (exact) mass is 320 g/mol. The van der Waals surface area contributed by atoms with Gasteiger partial charge in [0.25, 0.3) is 0 Å². The summed E-state index contributed by atoms with van der Waals surface area (Å²) in [5.74, 6) is 0.0826. The molecule has 6 heteroatoms. The maximum atomic E-state index is 12.7. The lowest BCUT2D eigenvalue weighted by molar-refractivity contribution is -0.134. The van der Waals surface area contributed by atoms with Crippen molar-refractivity contribution in [3.63, 3.8) is 0 Å². The second-order valence-corrected chi connectivity index (χ2v) is 6.76. The summed E-state index contributed by atoms with van der Waals surface area (Å²) < 4.78 is 7.44. The third-order valence-corrected chi connectivity index (χ3v) is 5.36.